The summed E-state index contributed by atoms with van der Waals surface area (Å²) in [5.41, 5.74) is 0.469. The second kappa shape index (κ2) is 4.74. The van der Waals surface area contributed by atoms with Crippen LogP contribution in [0.4, 0.5) is 0 Å². The Hall–Kier alpha value is -2.57. The second-order valence-electron chi connectivity index (χ2n) is 3.28. The van der Waals surface area contributed by atoms with Crippen LogP contribution >= 0.6 is 0 Å². The number of carboxylic acid groups (broad SMARTS) is 1. The van der Waals surface area contributed by atoms with Crippen molar-refractivity contribution >= 4 is 5.97 Å². The van der Waals surface area contributed by atoms with Gasteiger partial charge in [0.15, 0.2) is 0 Å². The largest absolute Gasteiger partial charge is 0.497 e. The monoisotopic (exact) mass is 250 g/mol. The Bertz CT molecular complexity index is 579. The molecule has 0 aliphatic carbocycles. The Morgan fingerprint density at radius 1 is 1.28 bits per heavy atom. The molecule has 0 unspecified atom stereocenters. The van der Waals surface area contributed by atoms with E-state index in [2.05, 4.69) is 10.2 Å². The van der Waals surface area contributed by atoms with Gasteiger partial charge in [-0.05, 0) is 18.2 Å². The molecule has 2 aromatic rings. The van der Waals surface area contributed by atoms with Gasteiger partial charge in [0, 0.05) is 0 Å². The van der Waals surface area contributed by atoms with Crippen LogP contribution < -0.4 is 9.47 Å². The molecule has 7 heteroatoms. The molecule has 0 fully saturated rings. The van der Waals surface area contributed by atoms with Crippen molar-refractivity contribution < 1.29 is 23.8 Å². The molecule has 0 radical (unpaired) electrons. The average Bonchev–Trinajstić information content (AvgIpc) is 2.87. The molecule has 0 bridgehead atoms. The molecular weight excluding hydrogens is 240 g/mol. The Kier molecular flexibility index (Phi) is 3.13. The third kappa shape index (κ3) is 2.10. The number of carbonyl (C=O) groups is 1. The molecular formula is C11H10N2O5. The Labute approximate surface area is 102 Å². The van der Waals surface area contributed by atoms with Gasteiger partial charge in [0.25, 0.3) is 5.89 Å². The first-order valence-corrected chi connectivity index (χ1v) is 4.95. The van der Waals surface area contributed by atoms with Gasteiger partial charge in [0.05, 0.1) is 19.8 Å². The minimum absolute atomic E-state index is 0.0585. The number of carboxylic acids is 1. The predicted molar refractivity (Wildman–Crippen MR) is 59.8 cm³/mol. The zero-order valence-electron chi connectivity index (χ0n) is 9.71. The zero-order chi connectivity index (χ0) is 13.1. The second-order valence-corrected chi connectivity index (χ2v) is 3.28. The SMILES string of the molecule is COc1ccc(OC)c(-c2nnc(C(=O)O)o2)c1. The van der Waals surface area contributed by atoms with Gasteiger partial charge < -0.3 is 19.0 Å². The Morgan fingerprint density at radius 2 is 2.06 bits per heavy atom. The lowest BCUT2D eigenvalue weighted by atomic mass is 10.2. The molecule has 7 nitrogen and oxygen atoms in total. The van der Waals surface area contributed by atoms with E-state index < -0.39 is 11.9 Å². The molecule has 94 valence electrons. The number of methoxy groups -OCH3 is 2. The van der Waals surface area contributed by atoms with E-state index in [4.69, 9.17) is 19.0 Å². The molecule has 1 aromatic carbocycles. The van der Waals surface area contributed by atoms with Crippen LogP contribution in [0.1, 0.15) is 10.7 Å². The number of aromatic nitrogens is 2. The summed E-state index contributed by atoms with van der Waals surface area (Å²) in [6.45, 7) is 0. The Morgan fingerprint density at radius 3 is 2.61 bits per heavy atom. The lowest BCUT2D eigenvalue weighted by molar-refractivity contribution is 0.0654. The normalized spacial score (nSPS) is 10.1. The maximum Gasteiger partial charge on any atom is 0.393 e. The first kappa shape index (κ1) is 11.9. The first-order valence-electron chi connectivity index (χ1n) is 4.95. The molecule has 1 aromatic heterocycles. The van der Waals surface area contributed by atoms with E-state index in [0.29, 0.717) is 17.1 Å². The van der Waals surface area contributed by atoms with Crippen molar-refractivity contribution in [2.75, 3.05) is 14.2 Å². The van der Waals surface area contributed by atoms with Gasteiger partial charge in [-0.3, -0.25) is 0 Å². The van der Waals surface area contributed by atoms with E-state index in [0.717, 1.165) is 0 Å². The zero-order valence-corrected chi connectivity index (χ0v) is 9.71. The highest BCUT2D eigenvalue weighted by atomic mass is 16.5. The summed E-state index contributed by atoms with van der Waals surface area (Å²) < 4.78 is 15.2. The van der Waals surface area contributed by atoms with Gasteiger partial charge in [-0.25, -0.2) is 4.79 Å². The summed E-state index contributed by atoms with van der Waals surface area (Å²) in [6, 6.07) is 4.99. The average molecular weight is 250 g/mol. The van der Waals surface area contributed by atoms with E-state index in [1.807, 2.05) is 0 Å². The van der Waals surface area contributed by atoms with Crippen molar-refractivity contribution in [1.29, 1.82) is 0 Å². The number of nitrogens with zero attached hydrogens (tertiary/aromatic N) is 2. The van der Waals surface area contributed by atoms with E-state index >= 15 is 0 Å². The van der Waals surface area contributed by atoms with E-state index in [-0.39, 0.29) is 5.89 Å². The maximum absolute atomic E-state index is 10.7. The molecule has 1 heterocycles. The van der Waals surface area contributed by atoms with Crippen LogP contribution in [0.25, 0.3) is 11.5 Å². The summed E-state index contributed by atoms with van der Waals surface area (Å²) in [7, 11) is 3.00. The van der Waals surface area contributed by atoms with Crippen LogP contribution in [0.3, 0.4) is 0 Å². The molecule has 0 atom stereocenters. The fourth-order valence-electron chi connectivity index (χ4n) is 1.40. The summed E-state index contributed by atoms with van der Waals surface area (Å²) in [6.07, 6.45) is 0. The van der Waals surface area contributed by atoms with Crippen molar-refractivity contribution in [3.8, 4) is 23.0 Å². The van der Waals surface area contributed by atoms with Crippen molar-refractivity contribution in [3.63, 3.8) is 0 Å². The van der Waals surface area contributed by atoms with Gasteiger partial charge in [-0.1, -0.05) is 0 Å². The van der Waals surface area contributed by atoms with Crippen LogP contribution in [0, 0.1) is 0 Å². The van der Waals surface area contributed by atoms with Crippen molar-refractivity contribution in [2.24, 2.45) is 0 Å². The molecule has 1 N–H and O–H groups in total. The number of aromatic carboxylic acids is 1. The highest BCUT2D eigenvalue weighted by Crippen LogP contribution is 2.32. The van der Waals surface area contributed by atoms with Crippen LogP contribution in [0.15, 0.2) is 22.6 Å². The van der Waals surface area contributed by atoms with Crippen molar-refractivity contribution in [1.82, 2.24) is 10.2 Å². The van der Waals surface area contributed by atoms with Gasteiger partial charge in [0.1, 0.15) is 11.5 Å². The molecule has 0 saturated heterocycles. The molecule has 0 aliphatic rings. The molecule has 0 amide bonds. The minimum atomic E-state index is -1.28. The van der Waals surface area contributed by atoms with Gasteiger partial charge >= 0.3 is 11.9 Å². The highest BCUT2D eigenvalue weighted by Gasteiger charge is 2.17. The number of rotatable bonds is 4. The highest BCUT2D eigenvalue weighted by molar-refractivity contribution is 5.82. The fourth-order valence-corrected chi connectivity index (χ4v) is 1.40. The van der Waals surface area contributed by atoms with Crippen LogP contribution in [0.2, 0.25) is 0 Å². The van der Waals surface area contributed by atoms with E-state index in [1.165, 1.54) is 14.2 Å². The quantitative estimate of drug-likeness (QED) is 0.877. The lowest BCUT2D eigenvalue weighted by Gasteiger charge is -2.06. The van der Waals surface area contributed by atoms with Gasteiger partial charge in [-0.15, -0.1) is 10.2 Å². The lowest BCUT2D eigenvalue weighted by Crippen LogP contribution is -1.95. The molecule has 2 rings (SSSR count). The fraction of sp³-hybridized carbons (Fsp3) is 0.182. The van der Waals surface area contributed by atoms with Crippen molar-refractivity contribution in [2.45, 2.75) is 0 Å². The molecule has 18 heavy (non-hydrogen) atoms. The number of hydrogen-bond acceptors (Lipinski definition) is 6. The topological polar surface area (TPSA) is 94.7 Å². The third-order valence-corrected chi connectivity index (χ3v) is 2.25. The number of ether oxygens (including phenoxy) is 2. The van der Waals surface area contributed by atoms with Crippen LogP contribution in [-0.2, 0) is 0 Å². The molecule has 0 aliphatic heterocycles. The van der Waals surface area contributed by atoms with Gasteiger partial charge in [-0.2, -0.15) is 0 Å². The molecule has 0 spiro atoms. The minimum Gasteiger partial charge on any atom is -0.497 e. The standard InChI is InChI=1S/C11H10N2O5/c1-16-6-3-4-8(17-2)7(5-6)9-12-13-10(18-9)11(14)15/h3-5H,1-2H3,(H,14,15). The van der Waals surface area contributed by atoms with E-state index in [1.54, 1.807) is 18.2 Å². The summed E-state index contributed by atoms with van der Waals surface area (Å²) in [5.74, 6) is -0.647. The summed E-state index contributed by atoms with van der Waals surface area (Å²) in [4.78, 5) is 10.7. The first-order chi connectivity index (χ1) is 8.65. The third-order valence-electron chi connectivity index (χ3n) is 2.25. The smallest absolute Gasteiger partial charge is 0.393 e. The number of benzene rings is 1. The Balaban J connectivity index is 2.50. The van der Waals surface area contributed by atoms with Crippen LogP contribution in [0.5, 0.6) is 11.5 Å². The summed E-state index contributed by atoms with van der Waals surface area (Å²) >= 11 is 0. The molecule has 0 saturated carbocycles. The number of hydrogen-bond donors (Lipinski definition) is 1. The van der Waals surface area contributed by atoms with Crippen molar-refractivity contribution in [3.05, 3.63) is 24.1 Å². The van der Waals surface area contributed by atoms with Crippen LogP contribution in [-0.4, -0.2) is 35.5 Å². The summed E-state index contributed by atoms with van der Waals surface area (Å²) in [5, 5.41) is 15.8. The van der Waals surface area contributed by atoms with Gasteiger partial charge in [0.2, 0.25) is 0 Å². The van der Waals surface area contributed by atoms with E-state index in [9.17, 15) is 4.79 Å². The maximum atomic E-state index is 10.7. The predicted octanol–water partition coefficient (Wildman–Crippen LogP) is 1.45.